The molecular weight excluding hydrogens is 408 g/mol. The Morgan fingerprint density at radius 3 is 2.67 bits per heavy atom. The van der Waals surface area contributed by atoms with E-state index in [1.54, 1.807) is 24.3 Å². The molecule has 1 aliphatic heterocycles. The number of hydrogen-bond acceptors (Lipinski definition) is 4. The smallest absolute Gasteiger partial charge is 0.314 e. The van der Waals surface area contributed by atoms with E-state index < -0.39 is 0 Å². The number of ether oxygens (including phenoxy) is 2. The Kier molecular flexibility index (Phi) is 5.12. The van der Waals surface area contributed by atoms with Crippen LogP contribution in [0.2, 0.25) is 0 Å². The lowest BCUT2D eigenvalue weighted by atomic mass is 9.89. The van der Waals surface area contributed by atoms with Gasteiger partial charge in [0.25, 0.3) is 0 Å². The van der Waals surface area contributed by atoms with Crippen LogP contribution in [0.1, 0.15) is 48.0 Å². The molecule has 0 atom stereocenters. The number of carbonyl (C=O) groups excluding carboxylic acids is 2. The van der Waals surface area contributed by atoms with E-state index >= 15 is 0 Å². The number of hydrogen-bond donors (Lipinski definition) is 0. The van der Waals surface area contributed by atoms with Crippen molar-refractivity contribution in [2.45, 2.75) is 32.1 Å². The Bertz CT molecular complexity index is 926. The zero-order valence-electron chi connectivity index (χ0n) is 14.7. The first kappa shape index (κ1) is 18.0. The van der Waals surface area contributed by atoms with Crippen LogP contribution in [0.5, 0.6) is 11.5 Å². The maximum Gasteiger partial charge on any atom is 0.314 e. The number of Topliss-reactive ketones (excluding diaryl/α,β-unsaturated/α-hetero) is 1. The summed E-state index contributed by atoms with van der Waals surface area (Å²) in [5, 5.41) is 0. The van der Waals surface area contributed by atoms with Crippen LogP contribution in [-0.2, 0) is 4.79 Å². The molecule has 4 rings (SSSR count). The monoisotopic (exact) mass is 426 g/mol. The van der Waals surface area contributed by atoms with Gasteiger partial charge in [0.05, 0.1) is 11.5 Å². The second kappa shape index (κ2) is 7.69. The predicted octanol–water partition coefficient (Wildman–Crippen LogP) is 5.55. The van der Waals surface area contributed by atoms with Gasteiger partial charge in [-0.25, -0.2) is 0 Å². The molecule has 2 aliphatic rings. The maximum absolute atomic E-state index is 12.6. The van der Waals surface area contributed by atoms with Crippen molar-refractivity contribution in [3.05, 3.63) is 63.8 Å². The van der Waals surface area contributed by atoms with Gasteiger partial charge in [-0.1, -0.05) is 53.4 Å². The summed E-state index contributed by atoms with van der Waals surface area (Å²) in [6.45, 7) is 0. The van der Waals surface area contributed by atoms with Gasteiger partial charge in [0.2, 0.25) is 5.78 Å². The first-order valence-electron chi connectivity index (χ1n) is 9.16. The van der Waals surface area contributed by atoms with Gasteiger partial charge in [-0.2, -0.15) is 0 Å². The second-order valence-electron chi connectivity index (χ2n) is 6.88. The van der Waals surface area contributed by atoms with Crippen molar-refractivity contribution in [1.82, 2.24) is 0 Å². The highest BCUT2D eigenvalue weighted by molar-refractivity contribution is 9.10. The lowest BCUT2D eigenvalue weighted by molar-refractivity contribution is -0.139. The van der Waals surface area contributed by atoms with Crippen LogP contribution < -0.4 is 9.47 Å². The summed E-state index contributed by atoms with van der Waals surface area (Å²) in [6.07, 6.45) is 6.82. The van der Waals surface area contributed by atoms with Crippen LogP contribution in [0, 0.1) is 5.92 Å². The molecule has 1 aliphatic carbocycles. The van der Waals surface area contributed by atoms with Crippen molar-refractivity contribution in [2.24, 2.45) is 5.92 Å². The van der Waals surface area contributed by atoms with Crippen molar-refractivity contribution in [3.63, 3.8) is 0 Å². The third kappa shape index (κ3) is 3.83. The van der Waals surface area contributed by atoms with E-state index in [9.17, 15) is 9.59 Å². The highest BCUT2D eigenvalue weighted by Crippen LogP contribution is 2.36. The Labute approximate surface area is 166 Å². The van der Waals surface area contributed by atoms with Gasteiger partial charge >= 0.3 is 5.97 Å². The van der Waals surface area contributed by atoms with E-state index in [2.05, 4.69) is 15.9 Å². The van der Waals surface area contributed by atoms with Gasteiger partial charge in [-0.15, -0.1) is 0 Å². The molecule has 0 N–H and O–H groups in total. The number of rotatable bonds is 3. The summed E-state index contributed by atoms with van der Waals surface area (Å²) in [5.41, 5.74) is 1.34. The van der Waals surface area contributed by atoms with Gasteiger partial charge in [0.15, 0.2) is 5.76 Å². The zero-order valence-corrected chi connectivity index (χ0v) is 16.3. The molecule has 2 aromatic rings. The summed E-state index contributed by atoms with van der Waals surface area (Å²) in [7, 11) is 0. The molecule has 0 spiro atoms. The Morgan fingerprint density at radius 1 is 1.11 bits per heavy atom. The lowest BCUT2D eigenvalue weighted by Gasteiger charge is -2.19. The predicted molar refractivity (Wildman–Crippen MR) is 106 cm³/mol. The Morgan fingerprint density at radius 2 is 1.89 bits per heavy atom. The molecule has 1 fully saturated rings. The summed E-state index contributed by atoms with van der Waals surface area (Å²) >= 11 is 3.47. The molecule has 0 amide bonds. The fourth-order valence-corrected chi connectivity index (χ4v) is 3.90. The number of allylic oxidation sites excluding steroid dienone is 1. The quantitative estimate of drug-likeness (QED) is 0.366. The van der Waals surface area contributed by atoms with Crippen LogP contribution >= 0.6 is 15.9 Å². The van der Waals surface area contributed by atoms with Crippen molar-refractivity contribution in [3.8, 4) is 11.5 Å². The largest absolute Gasteiger partial charge is 0.452 e. The molecule has 1 heterocycles. The second-order valence-corrected chi connectivity index (χ2v) is 7.73. The van der Waals surface area contributed by atoms with Crippen molar-refractivity contribution in [2.75, 3.05) is 0 Å². The summed E-state index contributed by atoms with van der Waals surface area (Å²) in [6, 6.07) is 12.5. The fourth-order valence-electron chi connectivity index (χ4n) is 3.50. The molecule has 1 saturated carbocycles. The summed E-state index contributed by atoms with van der Waals surface area (Å²) in [4.78, 5) is 24.9. The topological polar surface area (TPSA) is 52.6 Å². The SMILES string of the molecule is O=C1/C(=C/c2ccccc2Br)Oc2cc(OC(=O)C3CCCCC3)ccc21. The average Bonchev–Trinajstić information content (AvgIpc) is 2.99. The first-order valence-corrected chi connectivity index (χ1v) is 9.95. The number of halogens is 1. The highest BCUT2D eigenvalue weighted by atomic mass is 79.9. The molecule has 0 unspecified atom stereocenters. The van der Waals surface area contributed by atoms with E-state index in [-0.39, 0.29) is 23.4 Å². The molecule has 27 heavy (non-hydrogen) atoms. The van der Waals surface area contributed by atoms with Crippen LogP contribution in [0.4, 0.5) is 0 Å². The molecule has 5 heteroatoms. The highest BCUT2D eigenvalue weighted by Gasteiger charge is 2.29. The summed E-state index contributed by atoms with van der Waals surface area (Å²) < 4.78 is 12.2. The average molecular weight is 427 g/mol. The van der Waals surface area contributed by atoms with Gasteiger partial charge in [0, 0.05) is 10.5 Å². The fraction of sp³-hybridized carbons (Fsp3) is 0.273. The van der Waals surface area contributed by atoms with Crippen LogP contribution in [0.15, 0.2) is 52.7 Å². The first-order chi connectivity index (χ1) is 13.1. The van der Waals surface area contributed by atoms with E-state index in [4.69, 9.17) is 9.47 Å². The molecule has 0 radical (unpaired) electrons. The van der Waals surface area contributed by atoms with E-state index in [0.29, 0.717) is 17.1 Å². The van der Waals surface area contributed by atoms with Gasteiger partial charge in [0.1, 0.15) is 11.5 Å². The molecule has 4 nitrogen and oxygen atoms in total. The molecule has 0 bridgehead atoms. The minimum Gasteiger partial charge on any atom is -0.452 e. The van der Waals surface area contributed by atoms with Crippen LogP contribution in [-0.4, -0.2) is 11.8 Å². The number of ketones is 1. The van der Waals surface area contributed by atoms with Gasteiger partial charge < -0.3 is 9.47 Å². The number of esters is 1. The number of fused-ring (bicyclic) bond motifs is 1. The zero-order chi connectivity index (χ0) is 18.8. The minimum absolute atomic E-state index is 0.0274. The van der Waals surface area contributed by atoms with E-state index in [0.717, 1.165) is 35.7 Å². The number of carbonyl (C=O) groups is 2. The van der Waals surface area contributed by atoms with Gasteiger partial charge in [-0.05, 0) is 42.7 Å². The Hall–Kier alpha value is -2.40. The lowest BCUT2D eigenvalue weighted by Crippen LogP contribution is -2.22. The van der Waals surface area contributed by atoms with Crippen molar-refractivity contribution in [1.29, 1.82) is 0 Å². The van der Waals surface area contributed by atoms with Gasteiger partial charge in [-0.3, -0.25) is 9.59 Å². The van der Waals surface area contributed by atoms with Crippen LogP contribution in [0.25, 0.3) is 6.08 Å². The molecule has 0 aromatic heterocycles. The van der Waals surface area contributed by atoms with Crippen molar-refractivity contribution < 1.29 is 19.1 Å². The van der Waals surface area contributed by atoms with Crippen LogP contribution in [0.3, 0.4) is 0 Å². The standard InChI is InChI=1S/C22H19BrO4/c23-18-9-5-4-8-15(18)12-20-21(24)17-11-10-16(13-19(17)27-20)26-22(25)14-6-2-1-3-7-14/h4-5,8-14H,1-3,6-7H2/b20-12-. The molecule has 2 aromatic carbocycles. The summed E-state index contributed by atoms with van der Waals surface area (Å²) in [5.74, 6) is 0.702. The maximum atomic E-state index is 12.6. The van der Waals surface area contributed by atoms with E-state index in [1.807, 2.05) is 24.3 Å². The minimum atomic E-state index is -0.192. The Balaban J connectivity index is 1.52. The molecule has 0 saturated heterocycles. The van der Waals surface area contributed by atoms with Crippen molar-refractivity contribution >= 4 is 33.8 Å². The third-order valence-electron chi connectivity index (χ3n) is 4.99. The van der Waals surface area contributed by atoms with E-state index in [1.165, 1.54) is 6.42 Å². The molecular formula is C22H19BrO4. The molecule has 138 valence electrons. The normalized spacial score (nSPS) is 18.3. The third-order valence-corrected chi connectivity index (χ3v) is 5.71. The number of benzene rings is 2.